The van der Waals surface area contributed by atoms with Crippen molar-refractivity contribution < 1.29 is 14.7 Å². The highest BCUT2D eigenvalue weighted by molar-refractivity contribution is 7.10. The van der Waals surface area contributed by atoms with Crippen LogP contribution >= 0.6 is 11.3 Å². The average Bonchev–Trinajstić information content (AvgIpc) is 2.78. The minimum Gasteiger partial charge on any atom is -0.479 e. The highest BCUT2D eigenvalue weighted by atomic mass is 32.1. The van der Waals surface area contributed by atoms with Crippen molar-refractivity contribution in [2.24, 2.45) is 0 Å². The van der Waals surface area contributed by atoms with Gasteiger partial charge in [-0.3, -0.25) is 0 Å². The van der Waals surface area contributed by atoms with Gasteiger partial charge in [-0.25, -0.2) is 9.59 Å². The average molecular weight is 266 g/mol. The van der Waals surface area contributed by atoms with E-state index in [2.05, 4.69) is 16.6 Å². The molecule has 0 saturated heterocycles. The molecule has 1 heterocycles. The van der Waals surface area contributed by atoms with Gasteiger partial charge in [-0.05, 0) is 25.3 Å². The normalized spacial score (nSPS) is 12.3. The van der Waals surface area contributed by atoms with Gasteiger partial charge in [-0.2, -0.15) is 0 Å². The Morgan fingerprint density at radius 2 is 2.22 bits per heavy atom. The summed E-state index contributed by atoms with van der Waals surface area (Å²) in [6.45, 7) is 3.29. The lowest BCUT2D eigenvalue weighted by Gasteiger charge is -2.21. The largest absolute Gasteiger partial charge is 0.479 e. The third-order valence-electron chi connectivity index (χ3n) is 2.14. The number of aliphatic carboxylic acids is 1. The third-order valence-corrected chi connectivity index (χ3v) is 3.07. The number of rotatable bonds is 4. The number of terminal acetylenes is 1. The summed E-state index contributed by atoms with van der Waals surface area (Å²) in [6, 6.07) is 1.69. The maximum absolute atomic E-state index is 11.7. The number of nitrogens with one attached hydrogen (secondary N) is 2. The molecule has 18 heavy (non-hydrogen) atoms. The van der Waals surface area contributed by atoms with E-state index >= 15 is 0 Å². The van der Waals surface area contributed by atoms with Crippen LogP contribution < -0.4 is 10.6 Å². The standard InChI is InChI=1S/C12H14N2O3S/c1-4-12(2,3)14-11(17)13-9(10(15)16)8-6-5-7-18-8/h1,5-7,9H,2-3H3,(H,15,16)(H2,13,14,17). The van der Waals surface area contributed by atoms with Gasteiger partial charge in [-0.1, -0.05) is 12.0 Å². The molecule has 0 saturated carbocycles. The number of urea groups is 1. The lowest BCUT2D eigenvalue weighted by atomic mass is 10.1. The van der Waals surface area contributed by atoms with E-state index in [1.165, 1.54) is 11.3 Å². The molecule has 0 aliphatic carbocycles. The second-order valence-corrected chi connectivity index (χ2v) is 5.13. The summed E-state index contributed by atoms with van der Waals surface area (Å²) in [5, 5.41) is 15.7. The Morgan fingerprint density at radius 1 is 1.56 bits per heavy atom. The van der Waals surface area contributed by atoms with Crippen molar-refractivity contribution in [1.29, 1.82) is 0 Å². The van der Waals surface area contributed by atoms with Crippen LogP contribution in [-0.2, 0) is 4.79 Å². The molecule has 0 aromatic carbocycles. The Hall–Kier alpha value is -2.00. The Kier molecular flexibility index (Phi) is 4.34. The molecule has 1 rings (SSSR count). The fourth-order valence-corrected chi connectivity index (χ4v) is 1.96. The number of amides is 2. The molecule has 1 unspecified atom stereocenters. The Labute approximate surface area is 109 Å². The zero-order chi connectivity index (χ0) is 13.8. The molecular weight excluding hydrogens is 252 g/mol. The lowest BCUT2D eigenvalue weighted by Crippen LogP contribution is -2.49. The third kappa shape index (κ3) is 3.79. The number of carboxylic acid groups (broad SMARTS) is 1. The summed E-state index contributed by atoms with van der Waals surface area (Å²) < 4.78 is 0. The summed E-state index contributed by atoms with van der Waals surface area (Å²) in [5.41, 5.74) is -0.831. The van der Waals surface area contributed by atoms with Crippen LogP contribution in [0.3, 0.4) is 0 Å². The second kappa shape index (κ2) is 5.56. The summed E-state index contributed by atoms with van der Waals surface area (Å²) in [5.74, 6) is 1.27. The quantitative estimate of drug-likeness (QED) is 0.724. The topological polar surface area (TPSA) is 78.4 Å². The molecule has 0 bridgehead atoms. The maximum Gasteiger partial charge on any atom is 0.331 e. The van der Waals surface area contributed by atoms with Crippen LogP contribution in [0.4, 0.5) is 4.79 Å². The van der Waals surface area contributed by atoms with E-state index < -0.39 is 23.6 Å². The number of hydrogen-bond acceptors (Lipinski definition) is 3. The molecule has 2 amide bonds. The van der Waals surface area contributed by atoms with Crippen molar-refractivity contribution in [3.05, 3.63) is 22.4 Å². The van der Waals surface area contributed by atoms with E-state index in [-0.39, 0.29) is 0 Å². The van der Waals surface area contributed by atoms with Crippen LogP contribution in [0.25, 0.3) is 0 Å². The minimum absolute atomic E-state index is 0.552. The van der Waals surface area contributed by atoms with Crippen molar-refractivity contribution in [2.75, 3.05) is 0 Å². The monoisotopic (exact) mass is 266 g/mol. The molecule has 96 valence electrons. The van der Waals surface area contributed by atoms with Crippen LogP contribution in [-0.4, -0.2) is 22.6 Å². The molecule has 0 spiro atoms. The molecule has 1 aromatic rings. The lowest BCUT2D eigenvalue weighted by molar-refractivity contribution is -0.139. The van der Waals surface area contributed by atoms with E-state index in [0.717, 1.165) is 0 Å². The van der Waals surface area contributed by atoms with E-state index in [1.807, 2.05) is 0 Å². The highest BCUT2D eigenvalue weighted by Crippen LogP contribution is 2.19. The zero-order valence-electron chi connectivity index (χ0n) is 10.1. The highest BCUT2D eigenvalue weighted by Gasteiger charge is 2.25. The first-order valence-corrected chi connectivity index (χ1v) is 6.06. The first-order chi connectivity index (χ1) is 8.35. The smallest absolute Gasteiger partial charge is 0.331 e. The van der Waals surface area contributed by atoms with Crippen LogP contribution in [0.1, 0.15) is 24.8 Å². The summed E-state index contributed by atoms with van der Waals surface area (Å²) in [7, 11) is 0. The fraction of sp³-hybridized carbons (Fsp3) is 0.333. The SMILES string of the molecule is C#CC(C)(C)NC(=O)NC(C(=O)O)c1cccs1. The van der Waals surface area contributed by atoms with Crippen molar-refractivity contribution in [3.8, 4) is 12.3 Å². The molecule has 0 fully saturated rings. The van der Waals surface area contributed by atoms with Gasteiger partial charge in [0.2, 0.25) is 0 Å². The molecule has 1 aromatic heterocycles. The molecular formula is C12H14N2O3S. The van der Waals surface area contributed by atoms with E-state index in [0.29, 0.717) is 4.88 Å². The molecule has 0 radical (unpaired) electrons. The van der Waals surface area contributed by atoms with Crippen molar-refractivity contribution in [2.45, 2.75) is 25.4 Å². The van der Waals surface area contributed by atoms with Gasteiger partial charge < -0.3 is 15.7 Å². The fourth-order valence-electron chi connectivity index (χ4n) is 1.20. The zero-order valence-corrected chi connectivity index (χ0v) is 10.9. The van der Waals surface area contributed by atoms with Crippen molar-refractivity contribution in [1.82, 2.24) is 10.6 Å². The second-order valence-electron chi connectivity index (χ2n) is 4.15. The summed E-state index contributed by atoms with van der Waals surface area (Å²) in [4.78, 5) is 23.3. The molecule has 0 aliphatic heterocycles. The summed E-state index contributed by atoms with van der Waals surface area (Å²) in [6.07, 6.45) is 5.23. The maximum atomic E-state index is 11.7. The minimum atomic E-state index is -1.12. The van der Waals surface area contributed by atoms with E-state index in [9.17, 15) is 9.59 Å². The number of carbonyl (C=O) groups excluding carboxylic acids is 1. The molecule has 1 atom stereocenters. The number of carbonyl (C=O) groups is 2. The number of thiophene rings is 1. The van der Waals surface area contributed by atoms with Gasteiger partial charge in [0.1, 0.15) is 0 Å². The molecule has 3 N–H and O–H groups in total. The van der Waals surface area contributed by atoms with Gasteiger partial charge in [0.25, 0.3) is 0 Å². The predicted octanol–water partition coefficient (Wildman–Crippen LogP) is 1.58. The molecule has 5 nitrogen and oxygen atoms in total. The van der Waals surface area contributed by atoms with Gasteiger partial charge in [0.05, 0.1) is 5.54 Å². The Balaban J connectivity index is 2.72. The van der Waals surface area contributed by atoms with Crippen molar-refractivity contribution in [3.63, 3.8) is 0 Å². The van der Waals surface area contributed by atoms with Crippen LogP contribution in [0.5, 0.6) is 0 Å². The number of carboxylic acids is 1. The van der Waals surface area contributed by atoms with Gasteiger partial charge in [-0.15, -0.1) is 17.8 Å². The Bertz CT molecular complexity index is 474. The summed E-state index contributed by atoms with van der Waals surface area (Å²) >= 11 is 1.26. The van der Waals surface area contributed by atoms with Gasteiger partial charge in [0.15, 0.2) is 6.04 Å². The molecule has 0 aliphatic rings. The van der Waals surface area contributed by atoms with Crippen LogP contribution in [0, 0.1) is 12.3 Å². The van der Waals surface area contributed by atoms with E-state index in [1.54, 1.807) is 31.4 Å². The van der Waals surface area contributed by atoms with Crippen LogP contribution in [0.2, 0.25) is 0 Å². The number of hydrogen-bond donors (Lipinski definition) is 3. The first kappa shape index (κ1) is 14.1. The Morgan fingerprint density at radius 3 is 2.67 bits per heavy atom. The van der Waals surface area contributed by atoms with Crippen LogP contribution in [0.15, 0.2) is 17.5 Å². The predicted molar refractivity (Wildman–Crippen MR) is 69.3 cm³/mol. The van der Waals surface area contributed by atoms with E-state index in [4.69, 9.17) is 11.5 Å². The van der Waals surface area contributed by atoms with Gasteiger partial charge in [0, 0.05) is 4.88 Å². The molecule has 6 heteroatoms. The van der Waals surface area contributed by atoms with Gasteiger partial charge >= 0.3 is 12.0 Å². The van der Waals surface area contributed by atoms with Crippen molar-refractivity contribution >= 4 is 23.3 Å². The first-order valence-electron chi connectivity index (χ1n) is 5.18.